The fraction of sp³-hybridized carbons (Fsp3) is 0. The average molecular weight is 195 g/mol. The number of rotatable bonds is 1. The van der Waals surface area contributed by atoms with E-state index in [1.807, 2.05) is 0 Å². The van der Waals surface area contributed by atoms with Crippen molar-refractivity contribution in [3.63, 3.8) is 0 Å². The van der Waals surface area contributed by atoms with E-state index in [0.29, 0.717) is 5.69 Å². The molecule has 2 aromatic rings. The minimum atomic E-state index is -0.328. The standard InChI is InChI=1S/C6H5N5OS/c7-6-8-2-11(10-6)5(12)4-1-13-3-9-4/h1-3H,(H2,7,10). The highest BCUT2D eigenvalue weighted by Gasteiger charge is 2.11. The minimum Gasteiger partial charge on any atom is -0.366 e. The van der Waals surface area contributed by atoms with Gasteiger partial charge in [0.05, 0.1) is 5.51 Å². The van der Waals surface area contributed by atoms with Gasteiger partial charge in [-0.3, -0.25) is 4.79 Å². The van der Waals surface area contributed by atoms with Crippen molar-refractivity contribution >= 4 is 23.2 Å². The average Bonchev–Trinajstić information content (AvgIpc) is 2.72. The van der Waals surface area contributed by atoms with Crippen LogP contribution in [0.3, 0.4) is 0 Å². The van der Waals surface area contributed by atoms with E-state index in [0.717, 1.165) is 4.68 Å². The Morgan fingerprint density at radius 3 is 2.92 bits per heavy atom. The third kappa shape index (κ3) is 1.41. The molecule has 0 aliphatic rings. The summed E-state index contributed by atoms with van der Waals surface area (Å²) in [6, 6.07) is 0. The summed E-state index contributed by atoms with van der Waals surface area (Å²) in [4.78, 5) is 18.9. The van der Waals surface area contributed by atoms with Gasteiger partial charge in [0.2, 0.25) is 5.95 Å². The van der Waals surface area contributed by atoms with Crippen LogP contribution >= 0.6 is 11.3 Å². The molecule has 0 aliphatic heterocycles. The molecular formula is C6H5N5OS. The Morgan fingerprint density at radius 1 is 1.54 bits per heavy atom. The summed E-state index contributed by atoms with van der Waals surface area (Å²) in [5.41, 5.74) is 7.18. The second-order valence-electron chi connectivity index (χ2n) is 2.23. The molecule has 0 amide bonds. The summed E-state index contributed by atoms with van der Waals surface area (Å²) >= 11 is 1.34. The molecule has 0 atom stereocenters. The Morgan fingerprint density at radius 2 is 2.38 bits per heavy atom. The van der Waals surface area contributed by atoms with Crippen molar-refractivity contribution in [3.8, 4) is 0 Å². The Hall–Kier alpha value is -1.76. The van der Waals surface area contributed by atoms with E-state index in [-0.39, 0.29) is 11.9 Å². The maximum Gasteiger partial charge on any atom is 0.299 e. The van der Waals surface area contributed by atoms with Crippen molar-refractivity contribution in [2.24, 2.45) is 0 Å². The van der Waals surface area contributed by atoms with Crippen LogP contribution in [0.5, 0.6) is 0 Å². The van der Waals surface area contributed by atoms with Crippen LogP contribution < -0.4 is 5.73 Å². The van der Waals surface area contributed by atoms with E-state index in [1.54, 1.807) is 10.9 Å². The zero-order valence-electron chi connectivity index (χ0n) is 6.41. The van der Waals surface area contributed by atoms with Crippen molar-refractivity contribution in [3.05, 3.63) is 22.9 Å². The highest BCUT2D eigenvalue weighted by Crippen LogP contribution is 2.03. The Labute approximate surface area is 77.0 Å². The lowest BCUT2D eigenvalue weighted by Crippen LogP contribution is -2.13. The summed E-state index contributed by atoms with van der Waals surface area (Å²) in [5, 5.41) is 5.30. The first-order chi connectivity index (χ1) is 6.27. The molecule has 0 bridgehead atoms. The molecule has 2 N–H and O–H groups in total. The van der Waals surface area contributed by atoms with Crippen LogP contribution in [0.1, 0.15) is 10.5 Å². The molecule has 66 valence electrons. The molecule has 0 fully saturated rings. The van der Waals surface area contributed by atoms with Gasteiger partial charge >= 0.3 is 0 Å². The van der Waals surface area contributed by atoms with Gasteiger partial charge in [-0.25, -0.2) is 9.97 Å². The first kappa shape index (κ1) is 7.87. The molecule has 2 heterocycles. The minimum absolute atomic E-state index is 0.0728. The Balaban J connectivity index is 2.33. The van der Waals surface area contributed by atoms with Crippen LogP contribution in [0.4, 0.5) is 5.95 Å². The second-order valence-corrected chi connectivity index (χ2v) is 2.94. The van der Waals surface area contributed by atoms with Crippen molar-refractivity contribution in [1.82, 2.24) is 19.7 Å². The number of hydrogen-bond acceptors (Lipinski definition) is 6. The van der Waals surface area contributed by atoms with Crippen LogP contribution in [0.15, 0.2) is 17.2 Å². The van der Waals surface area contributed by atoms with Crippen LogP contribution in [0.25, 0.3) is 0 Å². The number of nitrogens with two attached hydrogens (primary N) is 1. The number of aromatic nitrogens is 4. The van der Waals surface area contributed by atoms with Crippen LogP contribution in [-0.2, 0) is 0 Å². The van der Waals surface area contributed by atoms with Gasteiger partial charge in [0, 0.05) is 5.38 Å². The maximum absolute atomic E-state index is 11.5. The summed E-state index contributed by atoms with van der Waals surface area (Å²) < 4.78 is 1.06. The topological polar surface area (TPSA) is 86.7 Å². The molecule has 7 heteroatoms. The number of nitrogen functional groups attached to an aromatic ring is 1. The smallest absolute Gasteiger partial charge is 0.299 e. The van der Waals surface area contributed by atoms with Crippen molar-refractivity contribution in [2.75, 3.05) is 5.73 Å². The molecule has 13 heavy (non-hydrogen) atoms. The number of nitrogens with zero attached hydrogens (tertiary/aromatic N) is 4. The van der Waals surface area contributed by atoms with E-state index in [1.165, 1.54) is 17.7 Å². The van der Waals surface area contributed by atoms with Gasteiger partial charge in [-0.1, -0.05) is 0 Å². The number of carbonyl (C=O) groups is 1. The zero-order valence-corrected chi connectivity index (χ0v) is 7.23. The zero-order chi connectivity index (χ0) is 9.26. The first-order valence-corrected chi connectivity index (χ1v) is 4.31. The predicted molar refractivity (Wildman–Crippen MR) is 46.3 cm³/mol. The molecule has 0 radical (unpaired) electrons. The normalized spacial score (nSPS) is 10.2. The van der Waals surface area contributed by atoms with Gasteiger partial charge in [-0.2, -0.15) is 4.68 Å². The van der Waals surface area contributed by atoms with Crippen molar-refractivity contribution in [2.45, 2.75) is 0 Å². The highest BCUT2D eigenvalue weighted by molar-refractivity contribution is 7.07. The number of thiazole rings is 1. The lowest BCUT2D eigenvalue weighted by Gasteiger charge is -1.92. The van der Waals surface area contributed by atoms with Crippen LogP contribution in [-0.4, -0.2) is 25.7 Å². The molecule has 0 spiro atoms. The van der Waals surface area contributed by atoms with E-state index in [4.69, 9.17) is 5.73 Å². The van der Waals surface area contributed by atoms with E-state index in [9.17, 15) is 4.79 Å². The van der Waals surface area contributed by atoms with Gasteiger partial charge in [-0.15, -0.1) is 16.4 Å². The molecule has 2 aromatic heterocycles. The molecular weight excluding hydrogens is 190 g/mol. The summed E-state index contributed by atoms with van der Waals surface area (Å²) in [7, 11) is 0. The van der Waals surface area contributed by atoms with E-state index >= 15 is 0 Å². The predicted octanol–water partition coefficient (Wildman–Crippen LogP) is 0.00530. The van der Waals surface area contributed by atoms with Crippen molar-refractivity contribution < 1.29 is 4.79 Å². The number of anilines is 1. The molecule has 0 unspecified atom stereocenters. The molecule has 0 aliphatic carbocycles. The van der Waals surface area contributed by atoms with Gasteiger partial charge < -0.3 is 5.73 Å². The van der Waals surface area contributed by atoms with Gasteiger partial charge in [-0.05, 0) is 0 Å². The second kappa shape index (κ2) is 2.94. The van der Waals surface area contributed by atoms with Crippen LogP contribution in [0, 0.1) is 0 Å². The van der Waals surface area contributed by atoms with E-state index in [2.05, 4.69) is 15.1 Å². The molecule has 0 saturated carbocycles. The third-order valence-electron chi connectivity index (χ3n) is 1.37. The quantitative estimate of drug-likeness (QED) is 0.692. The largest absolute Gasteiger partial charge is 0.366 e. The SMILES string of the molecule is Nc1ncn(C(=O)c2cscn2)n1. The Bertz CT molecular complexity index is 420. The highest BCUT2D eigenvalue weighted by atomic mass is 32.1. The summed E-state index contributed by atoms with van der Waals surface area (Å²) in [5.74, 6) is -0.256. The fourth-order valence-electron chi connectivity index (χ4n) is 0.809. The third-order valence-corrected chi connectivity index (χ3v) is 1.96. The summed E-state index contributed by atoms with van der Waals surface area (Å²) in [6.45, 7) is 0. The Kier molecular flexibility index (Phi) is 1.78. The van der Waals surface area contributed by atoms with Gasteiger partial charge in [0.25, 0.3) is 5.91 Å². The van der Waals surface area contributed by atoms with Gasteiger partial charge in [0.15, 0.2) is 0 Å². The molecule has 2 rings (SSSR count). The summed E-state index contributed by atoms with van der Waals surface area (Å²) in [6.07, 6.45) is 1.26. The molecule has 0 saturated heterocycles. The fourth-order valence-corrected chi connectivity index (χ4v) is 1.34. The lowest BCUT2D eigenvalue weighted by atomic mass is 10.5. The van der Waals surface area contributed by atoms with Crippen molar-refractivity contribution in [1.29, 1.82) is 0 Å². The lowest BCUT2D eigenvalue weighted by molar-refractivity contribution is 0.0940. The van der Waals surface area contributed by atoms with E-state index < -0.39 is 0 Å². The van der Waals surface area contributed by atoms with Crippen LogP contribution in [0.2, 0.25) is 0 Å². The first-order valence-electron chi connectivity index (χ1n) is 3.37. The molecule has 0 aromatic carbocycles. The number of hydrogen-bond donors (Lipinski definition) is 1. The molecule has 6 nitrogen and oxygen atoms in total. The monoisotopic (exact) mass is 195 g/mol. The number of carbonyl (C=O) groups excluding carboxylic acids is 1. The van der Waals surface area contributed by atoms with Gasteiger partial charge in [0.1, 0.15) is 12.0 Å². The maximum atomic E-state index is 11.5.